The molecule has 23 heavy (non-hydrogen) atoms. The van der Waals surface area contributed by atoms with Crippen LogP contribution in [0, 0.1) is 0 Å². The van der Waals surface area contributed by atoms with Gasteiger partial charge in [-0.3, -0.25) is 9.78 Å². The molecule has 118 valence electrons. The number of thiazole rings is 1. The van der Waals surface area contributed by atoms with Crippen molar-refractivity contribution < 1.29 is 14.3 Å². The zero-order valence-corrected chi connectivity index (χ0v) is 13.1. The molecule has 1 amide bonds. The largest absolute Gasteiger partial charge is 0.462 e. The van der Waals surface area contributed by atoms with E-state index in [0.29, 0.717) is 23.0 Å². The third-order valence-corrected chi connectivity index (χ3v) is 4.07. The number of amides is 1. The fourth-order valence-electron chi connectivity index (χ4n) is 2.13. The predicted octanol–water partition coefficient (Wildman–Crippen LogP) is 2.43. The number of aromatic nitrogens is 2. The molecular formula is C16H15N3O3S. The molecule has 6 nitrogen and oxygen atoms in total. The van der Waals surface area contributed by atoms with Gasteiger partial charge in [-0.25, -0.2) is 4.98 Å². The first-order chi connectivity index (χ1) is 11.3. The summed E-state index contributed by atoms with van der Waals surface area (Å²) in [5, 5.41) is 11.6. The monoisotopic (exact) mass is 329 g/mol. The number of furan rings is 1. The van der Waals surface area contributed by atoms with E-state index in [9.17, 15) is 9.90 Å². The van der Waals surface area contributed by atoms with Gasteiger partial charge in [-0.15, -0.1) is 11.3 Å². The predicted molar refractivity (Wildman–Crippen MR) is 85.9 cm³/mol. The SMILES string of the molecule is O=C(c1csc(-c2ccco2)n1)N(CCO)Cc1cccnc1. The van der Waals surface area contributed by atoms with Gasteiger partial charge < -0.3 is 14.4 Å². The molecule has 0 aliphatic carbocycles. The lowest BCUT2D eigenvalue weighted by Crippen LogP contribution is -2.33. The molecule has 0 bridgehead atoms. The van der Waals surface area contributed by atoms with E-state index in [1.165, 1.54) is 11.3 Å². The van der Waals surface area contributed by atoms with Crippen LogP contribution >= 0.6 is 11.3 Å². The Labute approximate surface area is 137 Å². The summed E-state index contributed by atoms with van der Waals surface area (Å²) in [4.78, 5) is 22.6. The van der Waals surface area contributed by atoms with E-state index in [-0.39, 0.29) is 19.1 Å². The van der Waals surface area contributed by atoms with Gasteiger partial charge in [0.25, 0.3) is 5.91 Å². The Kier molecular flexibility index (Phi) is 4.80. The molecule has 0 saturated carbocycles. The maximum Gasteiger partial charge on any atom is 0.273 e. The summed E-state index contributed by atoms with van der Waals surface area (Å²) in [6.45, 7) is 0.503. The van der Waals surface area contributed by atoms with E-state index in [0.717, 1.165) is 5.56 Å². The quantitative estimate of drug-likeness (QED) is 0.751. The van der Waals surface area contributed by atoms with Crippen LogP contribution in [0.2, 0.25) is 0 Å². The summed E-state index contributed by atoms with van der Waals surface area (Å²) in [7, 11) is 0. The summed E-state index contributed by atoms with van der Waals surface area (Å²) >= 11 is 1.35. The number of hydrogen-bond donors (Lipinski definition) is 1. The first-order valence-corrected chi connectivity index (χ1v) is 7.94. The lowest BCUT2D eigenvalue weighted by molar-refractivity contribution is 0.0702. The van der Waals surface area contributed by atoms with E-state index < -0.39 is 0 Å². The molecule has 7 heteroatoms. The van der Waals surface area contributed by atoms with Gasteiger partial charge in [0.15, 0.2) is 10.8 Å². The van der Waals surface area contributed by atoms with E-state index >= 15 is 0 Å². The highest BCUT2D eigenvalue weighted by Gasteiger charge is 2.20. The molecule has 0 radical (unpaired) electrons. The van der Waals surface area contributed by atoms with Gasteiger partial charge in [0.1, 0.15) is 5.69 Å². The first-order valence-electron chi connectivity index (χ1n) is 7.06. The number of aliphatic hydroxyl groups is 1. The van der Waals surface area contributed by atoms with Crippen LogP contribution in [0.4, 0.5) is 0 Å². The van der Waals surface area contributed by atoms with Crippen molar-refractivity contribution in [2.24, 2.45) is 0 Å². The Morgan fingerprint density at radius 1 is 1.35 bits per heavy atom. The van der Waals surface area contributed by atoms with Crippen LogP contribution in [-0.4, -0.2) is 39.0 Å². The zero-order valence-electron chi connectivity index (χ0n) is 12.3. The minimum absolute atomic E-state index is 0.110. The van der Waals surface area contributed by atoms with E-state index in [1.807, 2.05) is 12.1 Å². The highest BCUT2D eigenvalue weighted by molar-refractivity contribution is 7.13. The Balaban J connectivity index is 1.78. The molecule has 3 heterocycles. The standard InChI is InChI=1S/C16H15N3O3S/c20-7-6-19(10-12-3-1-5-17-9-12)16(21)13-11-23-15(18-13)14-4-2-8-22-14/h1-5,8-9,11,20H,6-7,10H2. The van der Waals surface area contributed by atoms with Crippen LogP contribution in [0.25, 0.3) is 10.8 Å². The zero-order chi connectivity index (χ0) is 16.1. The normalized spacial score (nSPS) is 10.7. The van der Waals surface area contributed by atoms with Crippen molar-refractivity contribution in [3.63, 3.8) is 0 Å². The number of hydrogen-bond acceptors (Lipinski definition) is 6. The maximum absolute atomic E-state index is 12.6. The summed E-state index contributed by atoms with van der Waals surface area (Å²) in [6.07, 6.45) is 4.95. The van der Waals surface area contributed by atoms with Gasteiger partial charge in [-0.1, -0.05) is 6.07 Å². The average Bonchev–Trinajstić information content (AvgIpc) is 3.26. The van der Waals surface area contributed by atoms with Crippen molar-refractivity contribution in [1.29, 1.82) is 0 Å². The summed E-state index contributed by atoms with van der Waals surface area (Å²) in [5.41, 5.74) is 1.24. The van der Waals surface area contributed by atoms with Gasteiger partial charge in [0.2, 0.25) is 0 Å². The van der Waals surface area contributed by atoms with Crippen molar-refractivity contribution in [2.75, 3.05) is 13.2 Å². The lowest BCUT2D eigenvalue weighted by atomic mass is 10.2. The molecule has 3 rings (SSSR count). The number of aliphatic hydroxyl groups excluding tert-OH is 1. The first kappa shape index (κ1) is 15.4. The van der Waals surface area contributed by atoms with Gasteiger partial charge in [0, 0.05) is 30.9 Å². The molecule has 3 aromatic heterocycles. The number of carbonyl (C=O) groups excluding carboxylic acids is 1. The fourth-order valence-corrected chi connectivity index (χ4v) is 2.89. The van der Waals surface area contributed by atoms with Crippen LogP contribution in [0.15, 0.2) is 52.7 Å². The smallest absolute Gasteiger partial charge is 0.273 e. The van der Waals surface area contributed by atoms with Gasteiger partial charge in [-0.2, -0.15) is 0 Å². The number of pyridine rings is 1. The average molecular weight is 329 g/mol. The molecule has 1 N–H and O–H groups in total. The molecule has 0 aliphatic heterocycles. The van der Waals surface area contributed by atoms with Crippen molar-refractivity contribution >= 4 is 17.2 Å². The van der Waals surface area contributed by atoms with Gasteiger partial charge in [-0.05, 0) is 23.8 Å². The minimum Gasteiger partial charge on any atom is -0.462 e. The molecule has 0 unspecified atom stereocenters. The molecule has 0 fully saturated rings. The van der Waals surface area contributed by atoms with Crippen molar-refractivity contribution in [3.05, 3.63) is 59.6 Å². The Morgan fingerprint density at radius 3 is 2.96 bits per heavy atom. The van der Waals surface area contributed by atoms with Crippen molar-refractivity contribution in [3.8, 4) is 10.8 Å². The third-order valence-electron chi connectivity index (χ3n) is 3.21. The second kappa shape index (κ2) is 7.17. The number of carbonyl (C=O) groups is 1. The Morgan fingerprint density at radius 2 is 2.26 bits per heavy atom. The molecule has 3 aromatic rings. The van der Waals surface area contributed by atoms with Crippen LogP contribution in [0.1, 0.15) is 16.1 Å². The highest BCUT2D eigenvalue weighted by Crippen LogP contribution is 2.24. The third kappa shape index (κ3) is 3.64. The van der Waals surface area contributed by atoms with Crippen molar-refractivity contribution in [1.82, 2.24) is 14.9 Å². The van der Waals surface area contributed by atoms with E-state index in [1.54, 1.807) is 41.1 Å². The summed E-state index contributed by atoms with van der Waals surface area (Å²) < 4.78 is 5.29. The van der Waals surface area contributed by atoms with E-state index in [2.05, 4.69) is 9.97 Å². The van der Waals surface area contributed by atoms with Gasteiger partial charge in [0.05, 0.1) is 12.9 Å². The molecular weight excluding hydrogens is 314 g/mol. The summed E-state index contributed by atoms with van der Waals surface area (Å²) in [5.74, 6) is 0.409. The highest BCUT2D eigenvalue weighted by atomic mass is 32.1. The van der Waals surface area contributed by atoms with Crippen LogP contribution in [0.5, 0.6) is 0 Å². The molecule has 0 atom stereocenters. The van der Waals surface area contributed by atoms with Gasteiger partial charge >= 0.3 is 0 Å². The Hall–Kier alpha value is -2.51. The second-order valence-electron chi connectivity index (χ2n) is 4.83. The maximum atomic E-state index is 12.6. The Bertz CT molecular complexity index is 756. The van der Waals surface area contributed by atoms with Crippen LogP contribution in [-0.2, 0) is 6.54 Å². The topological polar surface area (TPSA) is 79.5 Å². The number of rotatable bonds is 6. The fraction of sp³-hybridized carbons (Fsp3) is 0.188. The molecule has 0 aliphatic rings. The second-order valence-corrected chi connectivity index (χ2v) is 5.68. The number of nitrogens with zero attached hydrogens (tertiary/aromatic N) is 3. The van der Waals surface area contributed by atoms with Crippen LogP contribution < -0.4 is 0 Å². The lowest BCUT2D eigenvalue weighted by Gasteiger charge is -2.20. The molecule has 0 aromatic carbocycles. The summed E-state index contributed by atoms with van der Waals surface area (Å²) in [6, 6.07) is 7.28. The van der Waals surface area contributed by atoms with E-state index in [4.69, 9.17) is 4.42 Å². The minimum atomic E-state index is -0.225. The molecule has 0 saturated heterocycles. The van der Waals surface area contributed by atoms with Crippen LogP contribution in [0.3, 0.4) is 0 Å². The molecule has 0 spiro atoms. The van der Waals surface area contributed by atoms with Crippen molar-refractivity contribution in [2.45, 2.75) is 6.54 Å².